The molecule has 4 aliphatic carbocycles. The monoisotopic (exact) mass is 368 g/mol. The number of hydrogen-bond acceptors (Lipinski definition) is 2. The van der Waals surface area contributed by atoms with Crippen molar-refractivity contribution in [3.05, 3.63) is 29.3 Å². The maximum Gasteiger partial charge on any atom is 0.419 e. The van der Waals surface area contributed by atoms with Crippen molar-refractivity contribution in [3.63, 3.8) is 0 Å². The van der Waals surface area contributed by atoms with Crippen LogP contribution in [0, 0.1) is 23.7 Å². The molecule has 142 valence electrons. The van der Waals surface area contributed by atoms with E-state index < -0.39 is 23.3 Å². The van der Waals surface area contributed by atoms with Crippen molar-refractivity contribution in [1.82, 2.24) is 0 Å². The SMILES string of the molecule is CCC1(Oc2cc(C(=O)O)ccc2C(F)(F)F)C2CC3CC(C2)CC1C3. The van der Waals surface area contributed by atoms with Gasteiger partial charge in [0, 0.05) is 0 Å². The Kier molecular flexibility index (Phi) is 4.01. The first-order valence-electron chi connectivity index (χ1n) is 9.36. The van der Waals surface area contributed by atoms with E-state index in [4.69, 9.17) is 4.74 Å². The molecule has 4 aliphatic rings. The zero-order valence-corrected chi connectivity index (χ0v) is 14.7. The minimum Gasteiger partial charge on any atom is -0.486 e. The number of aromatic carboxylic acids is 1. The van der Waals surface area contributed by atoms with Gasteiger partial charge >= 0.3 is 12.1 Å². The van der Waals surface area contributed by atoms with Gasteiger partial charge in [0.15, 0.2) is 0 Å². The number of hydrogen-bond donors (Lipinski definition) is 1. The predicted octanol–water partition coefficient (Wildman–Crippen LogP) is 5.39. The summed E-state index contributed by atoms with van der Waals surface area (Å²) in [4.78, 5) is 11.3. The molecule has 4 saturated carbocycles. The van der Waals surface area contributed by atoms with Crippen LogP contribution in [0.15, 0.2) is 18.2 Å². The second kappa shape index (κ2) is 5.89. The third-order valence-corrected chi connectivity index (χ3v) is 6.91. The molecular weight excluding hydrogens is 345 g/mol. The summed E-state index contributed by atoms with van der Waals surface area (Å²) in [5, 5.41) is 9.20. The molecule has 1 aromatic rings. The Morgan fingerprint density at radius 3 is 2.19 bits per heavy atom. The molecule has 0 unspecified atom stereocenters. The smallest absolute Gasteiger partial charge is 0.419 e. The first-order chi connectivity index (χ1) is 12.2. The summed E-state index contributed by atoms with van der Waals surface area (Å²) in [5.74, 6) is 0.295. The normalized spacial score (nSPS) is 35.5. The maximum atomic E-state index is 13.5. The van der Waals surface area contributed by atoms with Crippen LogP contribution in [0.3, 0.4) is 0 Å². The van der Waals surface area contributed by atoms with Gasteiger partial charge in [-0.15, -0.1) is 0 Å². The Morgan fingerprint density at radius 2 is 1.73 bits per heavy atom. The van der Waals surface area contributed by atoms with Crippen LogP contribution >= 0.6 is 0 Å². The molecular formula is C20H23F3O3. The third kappa shape index (κ3) is 2.69. The molecule has 6 heteroatoms. The van der Waals surface area contributed by atoms with E-state index in [0.717, 1.165) is 43.9 Å². The molecule has 4 bridgehead atoms. The number of benzene rings is 1. The Labute approximate surface area is 150 Å². The number of halogens is 3. The second-order valence-electron chi connectivity index (χ2n) is 8.23. The molecule has 1 aromatic carbocycles. The molecule has 5 rings (SSSR count). The Bertz CT molecular complexity index is 698. The van der Waals surface area contributed by atoms with E-state index in [-0.39, 0.29) is 23.1 Å². The molecule has 0 amide bonds. The minimum absolute atomic E-state index is 0.178. The van der Waals surface area contributed by atoms with Crippen molar-refractivity contribution in [2.75, 3.05) is 0 Å². The van der Waals surface area contributed by atoms with Crippen LogP contribution in [0.4, 0.5) is 13.2 Å². The first-order valence-corrected chi connectivity index (χ1v) is 9.36. The average Bonchev–Trinajstić information content (AvgIpc) is 2.56. The van der Waals surface area contributed by atoms with Gasteiger partial charge in [0.25, 0.3) is 0 Å². The molecule has 4 fully saturated rings. The third-order valence-electron chi connectivity index (χ3n) is 6.91. The molecule has 0 radical (unpaired) electrons. The Morgan fingerprint density at radius 1 is 1.15 bits per heavy atom. The number of ether oxygens (including phenoxy) is 1. The number of rotatable bonds is 4. The fourth-order valence-electron chi connectivity index (χ4n) is 5.98. The van der Waals surface area contributed by atoms with E-state index >= 15 is 0 Å². The van der Waals surface area contributed by atoms with Crippen molar-refractivity contribution in [3.8, 4) is 5.75 Å². The highest BCUT2D eigenvalue weighted by atomic mass is 19.4. The lowest BCUT2D eigenvalue weighted by Gasteiger charge is -2.60. The van der Waals surface area contributed by atoms with Gasteiger partial charge < -0.3 is 9.84 Å². The molecule has 0 atom stereocenters. The first kappa shape index (κ1) is 17.7. The van der Waals surface area contributed by atoms with Gasteiger partial charge in [-0.2, -0.15) is 13.2 Å². The van der Waals surface area contributed by atoms with Crippen molar-refractivity contribution in [1.29, 1.82) is 0 Å². The molecule has 1 N–H and O–H groups in total. The fraction of sp³-hybridized carbons (Fsp3) is 0.650. The maximum absolute atomic E-state index is 13.5. The van der Waals surface area contributed by atoms with E-state index in [1.807, 2.05) is 6.92 Å². The summed E-state index contributed by atoms with van der Waals surface area (Å²) >= 11 is 0. The number of carboxylic acids is 1. The highest BCUT2D eigenvalue weighted by molar-refractivity contribution is 5.88. The summed E-state index contributed by atoms with van der Waals surface area (Å²) in [7, 11) is 0. The summed E-state index contributed by atoms with van der Waals surface area (Å²) in [5.41, 5.74) is -1.67. The quantitative estimate of drug-likeness (QED) is 0.775. The van der Waals surface area contributed by atoms with E-state index in [1.165, 1.54) is 6.42 Å². The lowest BCUT2D eigenvalue weighted by atomic mass is 9.49. The van der Waals surface area contributed by atoms with Crippen LogP contribution in [-0.4, -0.2) is 16.7 Å². The zero-order chi connectivity index (χ0) is 18.7. The largest absolute Gasteiger partial charge is 0.486 e. The average molecular weight is 368 g/mol. The van der Waals surface area contributed by atoms with E-state index in [0.29, 0.717) is 18.3 Å². The van der Waals surface area contributed by atoms with Crippen molar-refractivity contribution >= 4 is 5.97 Å². The molecule has 0 heterocycles. The van der Waals surface area contributed by atoms with E-state index in [2.05, 4.69) is 0 Å². The number of carbonyl (C=O) groups is 1. The summed E-state index contributed by atoms with van der Waals surface area (Å²) < 4.78 is 46.7. The molecule has 0 aromatic heterocycles. The van der Waals surface area contributed by atoms with Gasteiger partial charge in [0.05, 0.1) is 11.1 Å². The minimum atomic E-state index is -4.58. The topological polar surface area (TPSA) is 46.5 Å². The summed E-state index contributed by atoms with van der Waals surface area (Å²) in [6.07, 6.45) is 1.38. The van der Waals surface area contributed by atoms with Gasteiger partial charge in [0.1, 0.15) is 11.4 Å². The van der Waals surface area contributed by atoms with E-state index in [1.54, 1.807) is 0 Å². The van der Waals surface area contributed by atoms with Crippen molar-refractivity contribution < 1.29 is 27.8 Å². The standard InChI is InChI=1S/C20H23F3O3/c1-2-19(14-6-11-5-12(8-14)9-15(19)7-11)26-17-10-13(18(24)25)3-4-16(17)20(21,22)23/h3-4,10-12,14-15H,2,5-9H2,1H3,(H,24,25). The lowest BCUT2D eigenvalue weighted by Crippen LogP contribution is -2.60. The predicted molar refractivity (Wildman–Crippen MR) is 89.1 cm³/mol. The molecule has 3 nitrogen and oxygen atoms in total. The molecule has 0 spiro atoms. The van der Waals surface area contributed by atoms with Gasteiger partial charge in [0.2, 0.25) is 0 Å². The van der Waals surface area contributed by atoms with Crippen LogP contribution in [-0.2, 0) is 6.18 Å². The highest BCUT2D eigenvalue weighted by Crippen LogP contribution is 2.61. The number of alkyl halides is 3. The molecule has 0 aliphatic heterocycles. The van der Waals surface area contributed by atoms with Gasteiger partial charge in [-0.3, -0.25) is 0 Å². The van der Waals surface area contributed by atoms with Gasteiger partial charge in [-0.05, 0) is 80.4 Å². The van der Waals surface area contributed by atoms with Gasteiger partial charge in [-0.25, -0.2) is 4.79 Å². The van der Waals surface area contributed by atoms with Crippen molar-refractivity contribution in [2.24, 2.45) is 23.7 Å². The number of carboxylic acid groups (broad SMARTS) is 1. The lowest BCUT2D eigenvalue weighted by molar-refractivity contribution is -0.166. The molecule has 0 saturated heterocycles. The Hall–Kier alpha value is -1.72. The van der Waals surface area contributed by atoms with Crippen LogP contribution in [0.2, 0.25) is 0 Å². The Balaban J connectivity index is 1.75. The summed E-state index contributed by atoms with van der Waals surface area (Å²) in [6, 6.07) is 2.87. The van der Waals surface area contributed by atoms with Crippen LogP contribution in [0.5, 0.6) is 5.75 Å². The molecule has 26 heavy (non-hydrogen) atoms. The zero-order valence-electron chi connectivity index (χ0n) is 14.7. The second-order valence-corrected chi connectivity index (χ2v) is 8.23. The van der Waals surface area contributed by atoms with Crippen LogP contribution in [0.25, 0.3) is 0 Å². The fourth-order valence-corrected chi connectivity index (χ4v) is 5.98. The van der Waals surface area contributed by atoms with Crippen LogP contribution < -0.4 is 4.74 Å². The van der Waals surface area contributed by atoms with Crippen molar-refractivity contribution in [2.45, 2.75) is 57.2 Å². The van der Waals surface area contributed by atoms with Crippen LogP contribution in [0.1, 0.15) is 61.4 Å². The van der Waals surface area contributed by atoms with Gasteiger partial charge in [-0.1, -0.05) is 6.92 Å². The van der Waals surface area contributed by atoms with E-state index in [9.17, 15) is 23.1 Å². The highest BCUT2D eigenvalue weighted by Gasteiger charge is 2.58. The summed E-state index contributed by atoms with van der Waals surface area (Å²) in [6.45, 7) is 1.98.